The molecular weight excluding hydrogens is 328 g/mol. The zero-order valence-electron chi connectivity index (χ0n) is 8.55. The first-order chi connectivity index (χ1) is 8.52. The molecule has 2 rings (SSSR count). The predicted molar refractivity (Wildman–Crippen MR) is 67.0 cm³/mol. The summed E-state index contributed by atoms with van der Waals surface area (Å²) in [7, 11) is 0. The van der Waals surface area contributed by atoms with Crippen molar-refractivity contribution >= 4 is 38.2 Å². The molecule has 92 valence electrons. The van der Waals surface area contributed by atoms with Crippen LogP contribution in [0.4, 0.5) is 19.5 Å². The summed E-state index contributed by atoms with van der Waals surface area (Å²) in [5.41, 5.74) is -0.549. The van der Waals surface area contributed by atoms with Crippen LogP contribution in [0.15, 0.2) is 21.4 Å². The van der Waals surface area contributed by atoms with E-state index < -0.39 is 17.2 Å². The van der Waals surface area contributed by atoms with Crippen LogP contribution in [0, 0.1) is 23.0 Å². The van der Waals surface area contributed by atoms with Crippen LogP contribution >= 0.6 is 27.5 Å². The van der Waals surface area contributed by atoms with Gasteiger partial charge in [0.1, 0.15) is 22.7 Å². The third-order valence-electron chi connectivity index (χ3n) is 2.05. The van der Waals surface area contributed by atoms with Crippen LogP contribution in [-0.2, 0) is 0 Å². The molecular formula is C10H4BrF2N3OS. The molecule has 0 aliphatic heterocycles. The Morgan fingerprint density at radius 1 is 1.39 bits per heavy atom. The molecule has 8 heteroatoms. The number of rotatable bonds is 2. The van der Waals surface area contributed by atoms with Crippen LogP contribution in [0.2, 0.25) is 0 Å². The first-order valence-corrected chi connectivity index (χ1v) is 6.17. The third kappa shape index (κ3) is 2.27. The summed E-state index contributed by atoms with van der Waals surface area (Å²) in [4.78, 5) is 11.2. The maximum atomic E-state index is 13.3. The van der Waals surface area contributed by atoms with Crippen molar-refractivity contribution in [1.29, 1.82) is 5.26 Å². The van der Waals surface area contributed by atoms with Crippen molar-refractivity contribution in [3.8, 4) is 6.07 Å². The van der Waals surface area contributed by atoms with Gasteiger partial charge in [0.2, 0.25) is 0 Å². The molecule has 2 aromatic rings. The lowest BCUT2D eigenvalue weighted by Crippen LogP contribution is -2.03. The smallest absolute Gasteiger partial charge is 0.278 e. The Morgan fingerprint density at radius 3 is 2.56 bits per heavy atom. The number of aromatic amines is 1. The van der Waals surface area contributed by atoms with E-state index in [-0.39, 0.29) is 20.7 Å². The second-order valence-electron chi connectivity index (χ2n) is 3.23. The van der Waals surface area contributed by atoms with E-state index in [0.29, 0.717) is 0 Å². The van der Waals surface area contributed by atoms with Gasteiger partial charge in [-0.3, -0.25) is 9.17 Å². The second kappa shape index (κ2) is 4.88. The molecule has 0 bridgehead atoms. The normalized spacial score (nSPS) is 10.1. The maximum absolute atomic E-state index is 13.3. The standard InChI is InChI=1S/C10H4BrF2N3OS/c11-8-6(12)1-4(2-7(8)13)15-10-5(3-14)9(17)16-18-10/h1-2,15H,(H,16,17). The molecule has 18 heavy (non-hydrogen) atoms. The van der Waals surface area contributed by atoms with Crippen LogP contribution in [0.5, 0.6) is 0 Å². The Balaban J connectivity index is 2.41. The molecule has 0 spiro atoms. The fourth-order valence-electron chi connectivity index (χ4n) is 1.25. The molecule has 0 atom stereocenters. The van der Waals surface area contributed by atoms with Gasteiger partial charge in [0.05, 0.1) is 4.47 Å². The lowest BCUT2D eigenvalue weighted by atomic mass is 10.3. The molecule has 0 saturated carbocycles. The summed E-state index contributed by atoms with van der Waals surface area (Å²) in [6.45, 7) is 0. The number of hydrogen-bond donors (Lipinski definition) is 2. The minimum absolute atomic E-state index is 0.111. The van der Waals surface area contributed by atoms with Gasteiger partial charge in [-0.2, -0.15) is 5.26 Å². The molecule has 0 radical (unpaired) electrons. The Labute approximate surface area is 112 Å². The van der Waals surface area contributed by atoms with E-state index in [2.05, 4.69) is 25.6 Å². The van der Waals surface area contributed by atoms with Gasteiger partial charge in [-0.25, -0.2) is 8.78 Å². The molecule has 1 aromatic heterocycles. The molecule has 1 aromatic carbocycles. The molecule has 0 amide bonds. The maximum Gasteiger partial charge on any atom is 0.278 e. The largest absolute Gasteiger partial charge is 0.345 e. The molecule has 0 aliphatic rings. The van der Waals surface area contributed by atoms with Crippen molar-refractivity contribution in [1.82, 2.24) is 4.37 Å². The monoisotopic (exact) mass is 331 g/mol. The van der Waals surface area contributed by atoms with Gasteiger partial charge in [-0.15, -0.1) is 0 Å². The van der Waals surface area contributed by atoms with Crippen molar-refractivity contribution in [2.24, 2.45) is 0 Å². The van der Waals surface area contributed by atoms with Crippen LogP contribution in [0.1, 0.15) is 5.56 Å². The Bertz CT molecular complexity index is 681. The number of H-pyrrole nitrogens is 1. The van der Waals surface area contributed by atoms with Crippen LogP contribution in [0.3, 0.4) is 0 Å². The lowest BCUT2D eigenvalue weighted by Gasteiger charge is -2.05. The molecule has 0 unspecified atom stereocenters. The summed E-state index contributed by atoms with van der Waals surface area (Å²) in [5, 5.41) is 11.6. The van der Waals surface area contributed by atoms with E-state index >= 15 is 0 Å². The Hall–Kier alpha value is -1.72. The SMILES string of the molecule is N#Cc1c(Nc2cc(F)c(Br)c(F)c2)s[nH]c1=O. The van der Waals surface area contributed by atoms with Crippen molar-refractivity contribution in [2.75, 3.05) is 5.32 Å². The average Bonchev–Trinajstić information content (AvgIpc) is 2.66. The summed E-state index contributed by atoms with van der Waals surface area (Å²) in [6, 6.07) is 3.82. The van der Waals surface area contributed by atoms with E-state index in [1.165, 1.54) is 0 Å². The van der Waals surface area contributed by atoms with Crippen molar-refractivity contribution in [3.63, 3.8) is 0 Å². The highest BCUT2D eigenvalue weighted by atomic mass is 79.9. The van der Waals surface area contributed by atoms with Gasteiger partial charge in [0.25, 0.3) is 5.56 Å². The second-order valence-corrected chi connectivity index (χ2v) is 4.84. The predicted octanol–water partition coefficient (Wildman–Crippen LogP) is 3.09. The molecule has 0 saturated heterocycles. The van der Waals surface area contributed by atoms with Gasteiger partial charge in [0.15, 0.2) is 5.56 Å². The summed E-state index contributed by atoms with van der Waals surface area (Å²) < 4.78 is 28.6. The highest BCUT2D eigenvalue weighted by molar-refractivity contribution is 9.10. The topological polar surface area (TPSA) is 68.7 Å². The molecule has 1 heterocycles. The fraction of sp³-hybridized carbons (Fsp3) is 0. The Kier molecular flexibility index (Phi) is 3.45. The summed E-state index contributed by atoms with van der Waals surface area (Å²) in [5.74, 6) is -1.56. The van der Waals surface area contributed by atoms with E-state index in [9.17, 15) is 13.6 Å². The number of nitrogens with zero attached hydrogens (tertiary/aromatic N) is 1. The lowest BCUT2D eigenvalue weighted by molar-refractivity contribution is 0.573. The molecule has 0 aliphatic carbocycles. The number of nitriles is 1. The van der Waals surface area contributed by atoms with Crippen LogP contribution < -0.4 is 10.9 Å². The zero-order valence-corrected chi connectivity index (χ0v) is 11.0. The number of anilines is 2. The zero-order chi connectivity index (χ0) is 13.3. The van der Waals surface area contributed by atoms with Crippen LogP contribution in [0.25, 0.3) is 0 Å². The van der Waals surface area contributed by atoms with Gasteiger partial charge in [-0.1, -0.05) is 0 Å². The highest BCUT2D eigenvalue weighted by Gasteiger charge is 2.13. The van der Waals surface area contributed by atoms with Gasteiger partial charge >= 0.3 is 0 Å². The highest BCUT2D eigenvalue weighted by Crippen LogP contribution is 2.27. The first kappa shape index (κ1) is 12.7. The van der Waals surface area contributed by atoms with Gasteiger partial charge in [-0.05, 0) is 39.6 Å². The summed E-state index contributed by atoms with van der Waals surface area (Å²) in [6.07, 6.45) is 0. The van der Waals surface area contributed by atoms with Crippen LogP contribution in [-0.4, -0.2) is 4.37 Å². The van der Waals surface area contributed by atoms with Gasteiger partial charge < -0.3 is 5.32 Å². The van der Waals surface area contributed by atoms with E-state index in [1.807, 2.05) is 0 Å². The van der Waals surface area contributed by atoms with Gasteiger partial charge in [0, 0.05) is 5.69 Å². The quantitative estimate of drug-likeness (QED) is 0.831. The number of halogens is 3. The van der Waals surface area contributed by atoms with Crippen molar-refractivity contribution < 1.29 is 8.78 Å². The van der Waals surface area contributed by atoms with Crippen molar-refractivity contribution in [3.05, 3.63) is 44.2 Å². The average molecular weight is 332 g/mol. The minimum atomic E-state index is -0.779. The number of aromatic nitrogens is 1. The molecule has 4 nitrogen and oxygen atoms in total. The van der Waals surface area contributed by atoms with E-state index in [1.54, 1.807) is 6.07 Å². The molecule has 0 fully saturated rings. The number of hydrogen-bond acceptors (Lipinski definition) is 4. The number of nitrogens with one attached hydrogen (secondary N) is 2. The Morgan fingerprint density at radius 2 is 2.00 bits per heavy atom. The van der Waals surface area contributed by atoms with E-state index in [0.717, 1.165) is 23.7 Å². The third-order valence-corrected chi connectivity index (χ3v) is 3.61. The molecule has 2 N–H and O–H groups in total. The van der Waals surface area contributed by atoms with E-state index in [4.69, 9.17) is 5.26 Å². The van der Waals surface area contributed by atoms with Crippen molar-refractivity contribution in [2.45, 2.75) is 0 Å². The minimum Gasteiger partial charge on any atom is -0.345 e. The first-order valence-electron chi connectivity index (χ1n) is 4.56. The number of benzene rings is 1. The fourth-order valence-corrected chi connectivity index (χ4v) is 2.19. The summed E-state index contributed by atoms with van der Waals surface area (Å²) >= 11 is 3.63.